The fourth-order valence-electron chi connectivity index (χ4n) is 1.96. The van der Waals surface area contributed by atoms with E-state index in [9.17, 15) is 9.18 Å². The van der Waals surface area contributed by atoms with E-state index in [1.54, 1.807) is 6.92 Å². The quantitative estimate of drug-likeness (QED) is 0.729. The lowest BCUT2D eigenvalue weighted by molar-refractivity contribution is -0.145. The summed E-state index contributed by atoms with van der Waals surface area (Å²) in [5.74, 6) is -1.41. The smallest absolute Gasteiger partial charge is 0.312 e. The summed E-state index contributed by atoms with van der Waals surface area (Å²) in [6.45, 7) is 2.72. The molecule has 0 unspecified atom stereocenters. The molecule has 0 radical (unpaired) electrons. The highest BCUT2D eigenvalue weighted by Gasteiger charge is 2.57. The van der Waals surface area contributed by atoms with Gasteiger partial charge in [0, 0.05) is 5.92 Å². The molecule has 1 fully saturated rings. The van der Waals surface area contributed by atoms with Crippen molar-refractivity contribution in [2.24, 2.45) is 11.8 Å². The van der Waals surface area contributed by atoms with E-state index in [0.29, 0.717) is 13.2 Å². The highest BCUT2D eigenvalue weighted by atomic mass is 19.1. The van der Waals surface area contributed by atoms with Crippen molar-refractivity contribution in [1.29, 1.82) is 0 Å². The van der Waals surface area contributed by atoms with Crippen molar-refractivity contribution in [3.05, 3.63) is 35.9 Å². The average molecular weight is 252 g/mol. The minimum Gasteiger partial charge on any atom is -0.466 e. The number of benzene rings is 1. The first kappa shape index (κ1) is 13.0. The van der Waals surface area contributed by atoms with Gasteiger partial charge in [-0.2, -0.15) is 0 Å². The van der Waals surface area contributed by atoms with Gasteiger partial charge in [0.05, 0.1) is 25.7 Å². The van der Waals surface area contributed by atoms with Gasteiger partial charge in [-0.3, -0.25) is 4.79 Å². The number of ether oxygens (including phenoxy) is 2. The van der Waals surface area contributed by atoms with Gasteiger partial charge in [0.1, 0.15) is 6.17 Å². The fourth-order valence-corrected chi connectivity index (χ4v) is 1.96. The summed E-state index contributed by atoms with van der Waals surface area (Å²) >= 11 is 0. The second-order valence-electron chi connectivity index (χ2n) is 4.39. The van der Waals surface area contributed by atoms with Crippen LogP contribution in [-0.2, 0) is 20.9 Å². The zero-order chi connectivity index (χ0) is 13.0. The standard InChI is InChI=1S/C14H17FO3/c1-2-18-14(16)12-11(13(12)15)9-17-8-10-6-4-3-5-7-10/h3-7,11-13H,2,8-9H2,1H3/t11-,12-,13-/m1/s1. The maximum absolute atomic E-state index is 13.4. The molecule has 0 aliphatic heterocycles. The Balaban J connectivity index is 1.71. The third kappa shape index (κ3) is 3.07. The number of hydrogen-bond acceptors (Lipinski definition) is 3. The predicted molar refractivity (Wildman–Crippen MR) is 64.6 cm³/mol. The van der Waals surface area contributed by atoms with Gasteiger partial charge in [0.2, 0.25) is 0 Å². The summed E-state index contributed by atoms with van der Waals surface area (Å²) in [6, 6.07) is 9.68. The molecule has 1 saturated carbocycles. The van der Waals surface area contributed by atoms with Crippen LogP contribution in [0.1, 0.15) is 12.5 Å². The van der Waals surface area contributed by atoms with Crippen LogP contribution in [0.5, 0.6) is 0 Å². The Bertz CT molecular complexity index is 393. The Hall–Kier alpha value is -1.42. The van der Waals surface area contributed by atoms with Crippen LogP contribution in [0, 0.1) is 11.8 Å². The topological polar surface area (TPSA) is 35.5 Å². The van der Waals surface area contributed by atoms with E-state index in [4.69, 9.17) is 9.47 Å². The first-order valence-electron chi connectivity index (χ1n) is 6.16. The fraction of sp³-hybridized carbons (Fsp3) is 0.500. The molecule has 0 heterocycles. The van der Waals surface area contributed by atoms with Crippen LogP contribution < -0.4 is 0 Å². The van der Waals surface area contributed by atoms with E-state index in [0.717, 1.165) is 5.56 Å². The zero-order valence-corrected chi connectivity index (χ0v) is 10.3. The van der Waals surface area contributed by atoms with Crippen molar-refractivity contribution in [2.75, 3.05) is 13.2 Å². The molecule has 0 saturated heterocycles. The molecule has 0 N–H and O–H groups in total. The lowest BCUT2D eigenvalue weighted by atomic mass is 10.2. The molecule has 4 heteroatoms. The van der Waals surface area contributed by atoms with Crippen LogP contribution in [0.2, 0.25) is 0 Å². The van der Waals surface area contributed by atoms with Crippen molar-refractivity contribution in [2.45, 2.75) is 19.7 Å². The Labute approximate surface area is 106 Å². The maximum Gasteiger partial charge on any atom is 0.312 e. The minimum absolute atomic E-state index is 0.263. The Morgan fingerprint density at radius 1 is 1.33 bits per heavy atom. The van der Waals surface area contributed by atoms with Crippen molar-refractivity contribution in [3.63, 3.8) is 0 Å². The summed E-state index contributed by atoms with van der Waals surface area (Å²) in [4.78, 5) is 11.3. The molecule has 2 rings (SSSR count). The molecule has 18 heavy (non-hydrogen) atoms. The summed E-state index contributed by atoms with van der Waals surface area (Å²) in [6.07, 6.45) is -1.11. The molecule has 0 bridgehead atoms. The second kappa shape index (κ2) is 5.96. The van der Waals surface area contributed by atoms with Crippen molar-refractivity contribution in [1.82, 2.24) is 0 Å². The summed E-state index contributed by atoms with van der Waals surface area (Å²) in [7, 11) is 0. The van der Waals surface area contributed by atoms with Gasteiger partial charge < -0.3 is 9.47 Å². The van der Waals surface area contributed by atoms with Crippen molar-refractivity contribution < 1.29 is 18.7 Å². The molecule has 3 atom stereocenters. The zero-order valence-electron chi connectivity index (χ0n) is 10.3. The lowest BCUT2D eigenvalue weighted by Gasteiger charge is -2.03. The average Bonchev–Trinajstić information content (AvgIpc) is 3.02. The first-order valence-corrected chi connectivity index (χ1v) is 6.16. The molecule has 1 aliphatic rings. The number of rotatable bonds is 6. The summed E-state index contributed by atoms with van der Waals surface area (Å²) in [5.41, 5.74) is 1.04. The molecule has 0 aromatic heterocycles. The number of esters is 1. The van der Waals surface area contributed by atoms with E-state index in [1.165, 1.54) is 0 Å². The summed E-state index contributed by atoms with van der Waals surface area (Å²) < 4.78 is 23.6. The van der Waals surface area contributed by atoms with Gasteiger partial charge in [-0.15, -0.1) is 0 Å². The number of carbonyl (C=O) groups is 1. The van der Waals surface area contributed by atoms with Gasteiger partial charge in [-0.05, 0) is 12.5 Å². The normalized spacial score (nSPS) is 25.8. The van der Waals surface area contributed by atoms with Crippen LogP contribution >= 0.6 is 0 Å². The van der Waals surface area contributed by atoms with Crippen LogP contribution in [0.25, 0.3) is 0 Å². The van der Waals surface area contributed by atoms with Crippen LogP contribution in [0.3, 0.4) is 0 Å². The minimum atomic E-state index is -1.11. The van der Waals surface area contributed by atoms with Gasteiger partial charge in [-0.25, -0.2) is 4.39 Å². The number of hydrogen-bond donors (Lipinski definition) is 0. The van der Waals surface area contributed by atoms with Crippen molar-refractivity contribution in [3.8, 4) is 0 Å². The van der Waals surface area contributed by atoms with Crippen LogP contribution in [0.15, 0.2) is 30.3 Å². The largest absolute Gasteiger partial charge is 0.466 e. The van der Waals surface area contributed by atoms with Gasteiger partial charge in [0.25, 0.3) is 0 Å². The molecule has 0 spiro atoms. The molecule has 0 amide bonds. The number of carbonyl (C=O) groups excluding carboxylic acids is 1. The highest BCUT2D eigenvalue weighted by molar-refractivity contribution is 5.77. The molecular formula is C14H17FO3. The third-order valence-electron chi connectivity index (χ3n) is 3.05. The Morgan fingerprint density at radius 3 is 2.72 bits per heavy atom. The Morgan fingerprint density at radius 2 is 2.06 bits per heavy atom. The van der Waals surface area contributed by atoms with E-state index < -0.39 is 18.1 Å². The van der Waals surface area contributed by atoms with Gasteiger partial charge in [0.15, 0.2) is 0 Å². The summed E-state index contributed by atoms with van der Waals surface area (Å²) in [5, 5.41) is 0. The Kier molecular flexibility index (Phi) is 4.31. The third-order valence-corrected chi connectivity index (χ3v) is 3.05. The monoisotopic (exact) mass is 252 g/mol. The van der Waals surface area contributed by atoms with Crippen molar-refractivity contribution >= 4 is 5.97 Å². The van der Waals surface area contributed by atoms with Gasteiger partial charge in [-0.1, -0.05) is 30.3 Å². The highest BCUT2D eigenvalue weighted by Crippen LogP contribution is 2.43. The van der Waals surface area contributed by atoms with Crippen LogP contribution in [0.4, 0.5) is 4.39 Å². The molecule has 98 valence electrons. The van der Waals surface area contributed by atoms with Crippen LogP contribution in [-0.4, -0.2) is 25.4 Å². The van der Waals surface area contributed by atoms with E-state index >= 15 is 0 Å². The molecular weight excluding hydrogens is 235 g/mol. The molecule has 1 aromatic rings. The predicted octanol–water partition coefficient (Wildman–Crippen LogP) is 2.35. The van der Waals surface area contributed by atoms with E-state index in [2.05, 4.69) is 0 Å². The maximum atomic E-state index is 13.4. The first-order chi connectivity index (χ1) is 8.74. The van der Waals surface area contributed by atoms with E-state index in [-0.39, 0.29) is 12.5 Å². The molecule has 1 aliphatic carbocycles. The molecule has 3 nitrogen and oxygen atoms in total. The SMILES string of the molecule is CCOC(=O)[C@H]1[C@H](F)[C@@H]1COCc1ccccc1. The second-order valence-corrected chi connectivity index (χ2v) is 4.39. The number of alkyl halides is 1. The lowest BCUT2D eigenvalue weighted by Crippen LogP contribution is -2.10. The number of halogens is 1. The van der Waals surface area contributed by atoms with E-state index in [1.807, 2.05) is 30.3 Å². The molecule has 1 aromatic carbocycles. The van der Waals surface area contributed by atoms with Gasteiger partial charge >= 0.3 is 5.97 Å².